The standard InChI is InChI=1S/C9H15N3O2S/c1-6(2)14-5-4-10-9(13)8-7(3)11-12-15-8/h6H,4-5H2,1-3H3,(H,10,13). The maximum Gasteiger partial charge on any atom is 0.265 e. The van der Waals surface area contributed by atoms with Gasteiger partial charge in [0.05, 0.1) is 18.4 Å². The summed E-state index contributed by atoms with van der Waals surface area (Å²) in [4.78, 5) is 12.1. The molecule has 0 aliphatic heterocycles. The first-order valence-electron chi connectivity index (χ1n) is 4.80. The molecule has 1 aromatic heterocycles. The number of nitrogens with zero attached hydrogens (tertiary/aromatic N) is 2. The molecule has 0 bridgehead atoms. The Kier molecular flexibility index (Phi) is 4.64. The monoisotopic (exact) mass is 229 g/mol. The lowest BCUT2D eigenvalue weighted by molar-refractivity contribution is 0.0748. The van der Waals surface area contributed by atoms with Crippen molar-refractivity contribution < 1.29 is 9.53 Å². The van der Waals surface area contributed by atoms with Crippen molar-refractivity contribution in [1.29, 1.82) is 0 Å². The maximum atomic E-state index is 11.5. The van der Waals surface area contributed by atoms with E-state index in [4.69, 9.17) is 4.74 Å². The van der Waals surface area contributed by atoms with Crippen LogP contribution in [-0.4, -0.2) is 34.7 Å². The molecule has 0 atom stereocenters. The Hall–Kier alpha value is -1.01. The minimum atomic E-state index is -0.130. The van der Waals surface area contributed by atoms with Gasteiger partial charge in [-0.2, -0.15) is 0 Å². The highest BCUT2D eigenvalue weighted by Gasteiger charge is 2.11. The summed E-state index contributed by atoms with van der Waals surface area (Å²) < 4.78 is 9.00. The van der Waals surface area contributed by atoms with Gasteiger partial charge in [0.15, 0.2) is 0 Å². The third kappa shape index (κ3) is 3.93. The summed E-state index contributed by atoms with van der Waals surface area (Å²) in [6, 6.07) is 0. The quantitative estimate of drug-likeness (QED) is 0.765. The normalized spacial score (nSPS) is 10.7. The van der Waals surface area contributed by atoms with E-state index in [1.165, 1.54) is 0 Å². The number of aryl methyl sites for hydroxylation is 1. The van der Waals surface area contributed by atoms with Crippen LogP contribution in [0.15, 0.2) is 0 Å². The molecule has 0 aromatic carbocycles. The molecule has 5 nitrogen and oxygen atoms in total. The molecule has 1 heterocycles. The van der Waals surface area contributed by atoms with E-state index in [-0.39, 0.29) is 12.0 Å². The second kappa shape index (κ2) is 5.77. The molecule has 15 heavy (non-hydrogen) atoms. The molecule has 1 aromatic rings. The average molecular weight is 229 g/mol. The average Bonchev–Trinajstić information content (AvgIpc) is 2.58. The van der Waals surface area contributed by atoms with Crippen LogP contribution in [-0.2, 0) is 4.74 Å². The predicted molar refractivity (Wildman–Crippen MR) is 58.1 cm³/mol. The van der Waals surface area contributed by atoms with Gasteiger partial charge in [-0.15, -0.1) is 5.10 Å². The lowest BCUT2D eigenvalue weighted by atomic mass is 10.4. The number of hydrogen-bond acceptors (Lipinski definition) is 5. The Morgan fingerprint density at radius 3 is 2.87 bits per heavy atom. The summed E-state index contributed by atoms with van der Waals surface area (Å²) in [5.74, 6) is -0.130. The number of aromatic nitrogens is 2. The first kappa shape index (κ1) is 12.1. The minimum Gasteiger partial charge on any atom is -0.377 e. The Bertz CT molecular complexity index is 325. The second-order valence-electron chi connectivity index (χ2n) is 3.36. The first-order chi connectivity index (χ1) is 7.11. The summed E-state index contributed by atoms with van der Waals surface area (Å²) in [5, 5.41) is 6.52. The van der Waals surface area contributed by atoms with Crippen LogP contribution in [0, 0.1) is 6.92 Å². The molecule has 1 amide bonds. The van der Waals surface area contributed by atoms with Crippen molar-refractivity contribution in [3.63, 3.8) is 0 Å². The summed E-state index contributed by atoms with van der Waals surface area (Å²) in [6.07, 6.45) is 0.189. The van der Waals surface area contributed by atoms with Gasteiger partial charge in [-0.1, -0.05) is 4.49 Å². The van der Waals surface area contributed by atoms with Gasteiger partial charge >= 0.3 is 0 Å². The largest absolute Gasteiger partial charge is 0.377 e. The van der Waals surface area contributed by atoms with E-state index in [9.17, 15) is 4.79 Å². The molecule has 1 rings (SSSR count). The number of hydrogen-bond donors (Lipinski definition) is 1. The summed E-state index contributed by atoms with van der Waals surface area (Å²) in [5.41, 5.74) is 0.669. The minimum absolute atomic E-state index is 0.130. The van der Waals surface area contributed by atoms with Crippen molar-refractivity contribution in [1.82, 2.24) is 14.9 Å². The highest BCUT2D eigenvalue weighted by atomic mass is 32.1. The van der Waals surface area contributed by atoms with Crippen molar-refractivity contribution >= 4 is 17.4 Å². The van der Waals surface area contributed by atoms with Gasteiger partial charge in [0.25, 0.3) is 5.91 Å². The molecule has 0 saturated carbocycles. The zero-order valence-electron chi connectivity index (χ0n) is 9.11. The smallest absolute Gasteiger partial charge is 0.265 e. The van der Waals surface area contributed by atoms with Gasteiger partial charge in [0.1, 0.15) is 4.88 Å². The van der Waals surface area contributed by atoms with Gasteiger partial charge < -0.3 is 10.1 Å². The molecule has 1 N–H and O–H groups in total. The van der Waals surface area contributed by atoms with Gasteiger partial charge in [-0.3, -0.25) is 4.79 Å². The lowest BCUT2D eigenvalue weighted by Crippen LogP contribution is -2.27. The maximum absolute atomic E-state index is 11.5. The van der Waals surface area contributed by atoms with E-state index in [1.807, 2.05) is 13.8 Å². The Morgan fingerprint density at radius 1 is 1.60 bits per heavy atom. The fourth-order valence-corrected chi connectivity index (χ4v) is 1.55. The number of amides is 1. The lowest BCUT2D eigenvalue weighted by Gasteiger charge is -2.07. The molecular formula is C9H15N3O2S. The molecule has 0 radical (unpaired) electrons. The Labute approximate surface area is 93.0 Å². The molecule has 0 saturated heterocycles. The molecular weight excluding hydrogens is 214 g/mol. The molecule has 0 aliphatic rings. The van der Waals surface area contributed by atoms with Crippen LogP contribution in [0.25, 0.3) is 0 Å². The Balaban J connectivity index is 2.28. The van der Waals surface area contributed by atoms with Crippen LogP contribution < -0.4 is 5.32 Å². The first-order valence-corrected chi connectivity index (χ1v) is 5.57. The van der Waals surface area contributed by atoms with Crippen molar-refractivity contribution in [3.8, 4) is 0 Å². The van der Waals surface area contributed by atoms with Crippen molar-refractivity contribution in [2.75, 3.05) is 13.2 Å². The van der Waals surface area contributed by atoms with Crippen LogP contribution >= 0.6 is 11.5 Å². The van der Waals surface area contributed by atoms with E-state index in [0.717, 1.165) is 11.5 Å². The molecule has 0 aliphatic carbocycles. The third-order valence-electron chi connectivity index (χ3n) is 1.70. The van der Waals surface area contributed by atoms with Crippen molar-refractivity contribution in [3.05, 3.63) is 10.6 Å². The van der Waals surface area contributed by atoms with Crippen LogP contribution in [0.4, 0.5) is 0 Å². The highest BCUT2D eigenvalue weighted by molar-refractivity contribution is 7.07. The number of nitrogens with one attached hydrogen (secondary N) is 1. The topological polar surface area (TPSA) is 64.1 Å². The van der Waals surface area contributed by atoms with Crippen molar-refractivity contribution in [2.24, 2.45) is 0 Å². The number of carbonyl (C=O) groups is 1. The van der Waals surface area contributed by atoms with E-state index >= 15 is 0 Å². The fourth-order valence-electron chi connectivity index (χ4n) is 0.979. The number of carbonyl (C=O) groups excluding carboxylic acids is 1. The summed E-state index contributed by atoms with van der Waals surface area (Å²) in [6.45, 7) is 6.71. The molecule has 84 valence electrons. The number of rotatable bonds is 5. The third-order valence-corrected chi connectivity index (χ3v) is 2.52. The van der Waals surface area contributed by atoms with E-state index < -0.39 is 0 Å². The summed E-state index contributed by atoms with van der Waals surface area (Å²) >= 11 is 1.11. The molecule has 0 fully saturated rings. The van der Waals surface area contributed by atoms with Gasteiger partial charge in [-0.05, 0) is 32.3 Å². The zero-order chi connectivity index (χ0) is 11.3. The van der Waals surface area contributed by atoms with Crippen LogP contribution in [0.3, 0.4) is 0 Å². The van der Waals surface area contributed by atoms with Gasteiger partial charge in [0.2, 0.25) is 0 Å². The van der Waals surface area contributed by atoms with Crippen molar-refractivity contribution in [2.45, 2.75) is 26.9 Å². The van der Waals surface area contributed by atoms with Crippen LogP contribution in [0.1, 0.15) is 29.2 Å². The number of ether oxygens (including phenoxy) is 1. The highest BCUT2D eigenvalue weighted by Crippen LogP contribution is 2.07. The zero-order valence-corrected chi connectivity index (χ0v) is 9.93. The molecule has 0 spiro atoms. The Morgan fingerprint density at radius 2 is 2.33 bits per heavy atom. The van der Waals surface area contributed by atoms with Crippen LogP contribution in [0.5, 0.6) is 0 Å². The summed E-state index contributed by atoms with van der Waals surface area (Å²) in [7, 11) is 0. The molecule has 6 heteroatoms. The SMILES string of the molecule is Cc1nnsc1C(=O)NCCOC(C)C. The molecule has 0 unspecified atom stereocenters. The van der Waals surface area contributed by atoms with E-state index in [1.54, 1.807) is 6.92 Å². The second-order valence-corrected chi connectivity index (χ2v) is 4.12. The van der Waals surface area contributed by atoms with Gasteiger partial charge in [-0.25, -0.2) is 0 Å². The fraction of sp³-hybridized carbons (Fsp3) is 0.667. The van der Waals surface area contributed by atoms with E-state index in [0.29, 0.717) is 23.7 Å². The van der Waals surface area contributed by atoms with Gasteiger partial charge in [0, 0.05) is 6.54 Å². The predicted octanol–water partition coefficient (Wildman–Crippen LogP) is 1.00. The van der Waals surface area contributed by atoms with Crippen LogP contribution in [0.2, 0.25) is 0 Å². The van der Waals surface area contributed by atoms with E-state index in [2.05, 4.69) is 14.9 Å².